The molecule has 1 fully saturated rings. The lowest BCUT2D eigenvalue weighted by Gasteiger charge is -2.25. The number of rotatable bonds is 8. The van der Waals surface area contributed by atoms with Gasteiger partial charge in [-0.1, -0.05) is 55.0 Å². The highest BCUT2D eigenvalue weighted by Gasteiger charge is 2.21. The van der Waals surface area contributed by atoms with E-state index >= 15 is 0 Å². The summed E-state index contributed by atoms with van der Waals surface area (Å²) in [6, 6.07) is 29.4. The molecule has 52 heavy (non-hydrogen) atoms. The number of pyridine rings is 2. The second-order valence-electron chi connectivity index (χ2n) is 12.3. The average molecular weight is 694 g/mol. The second-order valence-corrected chi connectivity index (χ2v) is 12.3. The average Bonchev–Trinajstić information content (AvgIpc) is 3.16. The number of hydrogen-bond donors (Lipinski definition) is 2. The van der Waals surface area contributed by atoms with Gasteiger partial charge in [0, 0.05) is 40.8 Å². The van der Waals surface area contributed by atoms with Crippen molar-refractivity contribution in [1.82, 2.24) is 20.3 Å². The molecule has 2 N–H and O–H groups in total. The zero-order valence-corrected chi connectivity index (χ0v) is 28.6. The fourth-order valence-electron chi connectivity index (χ4n) is 6.21. The Balaban J connectivity index is 0.000000166. The molecule has 3 heterocycles. The Morgan fingerprint density at radius 1 is 0.750 bits per heavy atom. The smallest absolute Gasteiger partial charge is 0.365 e. The molecule has 1 saturated carbocycles. The highest BCUT2D eigenvalue weighted by Crippen LogP contribution is 2.34. The summed E-state index contributed by atoms with van der Waals surface area (Å²) < 4.78 is 16.2. The predicted octanol–water partition coefficient (Wildman–Crippen LogP) is 7.44. The van der Waals surface area contributed by atoms with Crippen LogP contribution in [0, 0.1) is 5.92 Å². The first-order valence-electron chi connectivity index (χ1n) is 16.9. The zero-order valence-electron chi connectivity index (χ0n) is 28.6. The molecule has 1 aliphatic carbocycles. The summed E-state index contributed by atoms with van der Waals surface area (Å²) in [5.74, 6) is 1.71. The molecule has 11 heteroatoms. The van der Waals surface area contributed by atoms with Crippen molar-refractivity contribution in [2.75, 3.05) is 26.1 Å². The number of nitrogens with one attached hydrogen (secondary N) is 2. The molecule has 0 spiro atoms. The lowest BCUT2D eigenvalue weighted by molar-refractivity contribution is 0.0935. The molecule has 0 bridgehead atoms. The fourth-order valence-corrected chi connectivity index (χ4v) is 6.21. The molecule has 0 aliphatic heterocycles. The van der Waals surface area contributed by atoms with Gasteiger partial charge in [0.1, 0.15) is 17.0 Å². The van der Waals surface area contributed by atoms with Gasteiger partial charge in [-0.15, -0.1) is 0 Å². The van der Waals surface area contributed by atoms with Crippen LogP contribution < -0.4 is 25.7 Å². The van der Waals surface area contributed by atoms with Crippen LogP contribution >= 0.6 is 0 Å². The Hall–Kier alpha value is -6.62. The molecule has 1 aliphatic rings. The Morgan fingerprint density at radius 2 is 1.40 bits per heavy atom. The van der Waals surface area contributed by atoms with E-state index in [9.17, 15) is 14.4 Å². The van der Waals surface area contributed by atoms with Gasteiger partial charge in [0.05, 0.1) is 19.9 Å². The van der Waals surface area contributed by atoms with E-state index in [2.05, 4.69) is 25.6 Å². The Bertz CT molecular complexity index is 2490. The summed E-state index contributed by atoms with van der Waals surface area (Å²) in [6.07, 6.45) is 6.62. The number of nitrogens with zero attached hydrogens (tertiary/aromatic N) is 3. The van der Waals surface area contributed by atoms with Crippen LogP contribution in [-0.4, -0.2) is 47.5 Å². The molecule has 260 valence electrons. The molecule has 4 aromatic carbocycles. The highest BCUT2D eigenvalue weighted by atomic mass is 16.5. The summed E-state index contributed by atoms with van der Waals surface area (Å²) in [5, 5.41) is 9.26. The van der Waals surface area contributed by atoms with Crippen molar-refractivity contribution in [2.45, 2.75) is 19.3 Å². The van der Waals surface area contributed by atoms with Crippen LogP contribution in [0.3, 0.4) is 0 Å². The molecule has 0 unspecified atom stereocenters. The first kappa shape index (κ1) is 33.9. The first-order chi connectivity index (χ1) is 25.4. The van der Waals surface area contributed by atoms with E-state index < -0.39 is 5.63 Å². The summed E-state index contributed by atoms with van der Waals surface area (Å²) in [7, 11) is 3.23. The van der Waals surface area contributed by atoms with E-state index in [1.165, 1.54) is 6.42 Å². The molecule has 7 aromatic rings. The maximum absolute atomic E-state index is 13.0. The van der Waals surface area contributed by atoms with Crippen LogP contribution in [0.2, 0.25) is 0 Å². The molecule has 0 saturated heterocycles. The molecular formula is C41H35N5O6. The van der Waals surface area contributed by atoms with Gasteiger partial charge >= 0.3 is 5.63 Å². The highest BCUT2D eigenvalue weighted by molar-refractivity contribution is 6.15. The molecule has 0 radical (unpaired) electrons. The van der Waals surface area contributed by atoms with Crippen LogP contribution in [0.4, 0.5) is 5.69 Å². The monoisotopic (exact) mass is 693 g/mol. The van der Waals surface area contributed by atoms with E-state index in [1.54, 1.807) is 63.0 Å². The van der Waals surface area contributed by atoms with Crippen LogP contribution in [-0.2, 0) is 0 Å². The van der Waals surface area contributed by atoms with Crippen LogP contribution in [0.1, 0.15) is 40.1 Å². The first-order valence-corrected chi connectivity index (χ1v) is 16.9. The van der Waals surface area contributed by atoms with Crippen molar-refractivity contribution in [3.63, 3.8) is 0 Å². The lowest BCUT2D eigenvalue weighted by Crippen LogP contribution is -2.33. The van der Waals surface area contributed by atoms with E-state index in [0.717, 1.165) is 45.7 Å². The van der Waals surface area contributed by atoms with Gasteiger partial charge in [-0.2, -0.15) is 0 Å². The van der Waals surface area contributed by atoms with Crippen molar-refractivity contribution in [3.8, 4) is 23.0 Å². The van der Waals surface area contributed by atoms with Gasteiger partial charge in [0.2, 0.25) is 5.89 Å². The van der Waals surface area contributed by atoms with Crippen molar-refractivity contribution >= 4 is 50.1 Å². The van der Waals surface area contributed by atoms with Gasteiger partial charge < -0.3 is 24.5 Å². The van der Waals surface area contributed by atoms with E-state index in [-0.39, 0.29) is 28.9 Å². The normalized spacial score (nSPS) is 12.4. The number of ether oxygens (including phenoxy) is 2. The molecular weight excluding hydrogens is 658 g/mol. The zero-order chi connectivity index (χ0) is 36.0. The third-order valence-electron chi connectivity index (χ3n) is 9.12. The Kier molecular flexibility index (Phi) is 9.83. The minimum atomic E-state index is -0.495. The Morgan fingerprint density at radius 3 is 2.12 bits per heavy atom. The number of carbonyl (C=O) groups is 2. The summed E-state index contributed by atoms with van der Waals surface area (Å²) >= 11 is 0. The SMILES string of the molecule is COc1ccc(-c2nc3cccnc3c(=O)o2)c2ccccc12.COc1ccc(C(=O)Nc2cccnc2C(=O)NCC2CCC2)c2ccccc12. The number of aromatic nitrogens is 3. The summed E-state index contributed by atoms with van der Waals surface area (Å²) in [6.45, 7) is 0.645. The third kappa shape index (κ3) is 6.88. The minimum Gasteiger partial charge on any atom is -0.496 e. The lowest BCUT2D eigenvalue weighted by atomic mass is 9.85. The number of amides is 2. The van der Waals surface area contributed by atoms with Gasteiger partial charge in [0.25, 0.3) is 11.8 Å². The number of hydrogen-bond acceptors (Lipinski definition) is 9. The maximum Gasteiger partial charge on any atom is 0.365 e. The predicted molar refractivity (Wildman–Crippen MR) is 200 cm³/mol. The van der Waals surface area contributed by atoms with Crippen molar-refractivity contribution in [3.05, 3.63) is 131 Å². The molecule has 8 rings (SSSR count). The van der Waals surface area contributed by atoms with E-state index in [0.29, 0.717) is 35.0 Å². The summed E-state index contributed by atoms with van der Waals surface area (Å²) in [4.78, 5) is 50.4. The molecule has 2 amide bonds. The van der Waals surface area contributed by atoms with Crippen molar-refractivity contribution in [1.29, 1.82) is 0 Å². The molecule has 3 aromatic heterocycles. The van der Waals surface area contributed by atoms with E-state index in [1.807, 2.05) is 60.7 Å². The fraction of sp³-hybridized carbons (Fsp3) is 0.171. The standard InChI is InChI=1S/C23H23N3O3.C18H12N2O3/c1-29-20-12-11-18(16-8-2-3-9-17(16)20)22(27)26-19-10-5-13-24-21(19)23(28)25-14-15-6-4-7-15;1-22-15-9-8-13(11-5-2-3-6-12(11)15)17-20-14-7-4-10-19-16(14)18(21)23-17/h2-3,5,8-13,15H,4,6-7,14H2,1H3,(H,25,28)(H,26,27);2-10H,1H3. The maximum atomic E-state index is 13.0. The van der Waals surface area contributed by atoms with E-state index in [4.69, 9.17) is 13.9 Å². The molecule has 11 nitrogen and oxygen atoms in total. The molecule has 0 atom stereocenters. The van der Waals surface area contributed by atoms with Gasteiger partial charge in [0.15, 0.2) is 11.2 Å². The number of fused-ring (bicyclic) bond motifs is 3. The third-order valence-corrected chi connectivity index (χ3v) is 9.12. The van der Waals surface area contributed by atoms with Gasteiger partial charge in [-0.25, -0.2) is 19.7 Å². The van der Waals surface area contributed by atoms with Gasteiger partial charge in [-0.3, -0.25) is 9.59 Å². The van der Waals surface area contributed by atoms with Crippen molar-refractivity contribution in [2.24, 2.45) is 5.92 Å². The number of methoxy groups -OCH3 is 2. The number of benzene rings is 4. The van der Waals surface area contributed by atoms with Crippen LogP contribution in [0.25, 0.3) is 44.0 Å². The second kappa shape index (κ2) is 15.1. The van der Waals surface area contributed by atoms with Crippen molar-refractivity contribution < 1.29 is 23.5 Å². The number of carbonyl (C=O) groups excluding carboxylic acids is 2. The van der Waals surface area contributed by atoms with Gasteiger partial charge in [-0.05, 0) is 78.1 Å². The quantitative estimate of drug-likeness (QED) is 0.166. The largest absolute Gasteiger partial charge is 0.496 e. The Labute approximate surface area is 298 Å². The number of anilines is 1. The minimum absolute atomic E-state index is 0.220. The topological polar surface area (TPSA) is 146 Å². The summed E-state index contributed by atoms with van der Waals surface area (Å²) in [5.41, 5.74) is 2.11. The van der Waals surface area contributed by atoms with Crippen LogP contribution in [0.15, 0.2) is 119 Å². The van der Waals surface area contributed by atoms with Crippen LogP contribution in [0.5, 0.6) is 11.5 Å².